The Balaban J connectivity index is 4.59. The van der Waals surface area contributed by atoms with Gasteiger partial charge >= 0.3 is 14.2 Å². The first-order valence-corrected chi connectivity index (χ1v) is 5.52. The fourth-order valence-corrected chi connectivity index (χ4v) is 1.25. The fourth-order valence-electron chi connectivity index (χ4n) is 0.891. The fraction of sp³-hybridized carbons (Fsp3) is 0.750. The van der Waals surface area contributed by atoms with Gasteiger partial charge in [0.1, 0.15) is 0 Å². The molecule has 82 valence electrons. The third kappa shape index (κ3) is 5.04. The molecule has 0 radical (unpaired) electrons. The predicted octanol–water partition coefficient (Wildman–Crippen LogP) is 2.30. The lowest BCUT2D eigenvalue weighted by Gasteiger charge is -2.08. The van der Waals surface area contributed by atoms with Crippen molar-refractivity contribution < 1.29 is 23.5 Å². The molecule has 0 aromatic carbocycles. The average Bonchev–Trinajstić information content (AvgIpc) is 2.13. The number of ether oxygens (including phenoxy) is 2. The molecule has 0 aromatic rings. The number of allylic oxidation sites excluding steroid dienone is 1. The summed E-state index contributed by atoms with van der Waals surface area (Å²) in [5, 5.41) is 0. The number of hydrogen-bond acceptors (Lipinski definition) is 4. The molecule has 0 aromatic heterocycles. The van der Waals surface area contributed by atoms with Gasteiger partial charge in [0.05, 0.1) is 13.7 Å². The first-order chi connectivity index (χ1) is 6.65. The van der Waals surface area contributed by atoms with E-state index in [0.29, 0.717) is 13.0 Å². The number of methoxy groups -OCH3 is 1. The van der Waals surface area contributed by atoms with E-state index in [0.717, 1.165) is 6.42 Å². The van der Waals surface area contributed by atoms with E-state index in [1.807, 2.05) is 6.92 Å². The molecular formula is C8H16O5P+. The van der Waals surface area contributed by atoms with E-state index in [9.17, 15) is 4.57 Å². The number of hydrogen-bond donors (Lipinski definition) is 1. The normalized spacial score (nSPS) is 13.0. The monoisotopic (exact) mass is 223 g/mol. The molecule has 0 heterocycles. The Labute approximate surface area is 84.6 Å². The maximum Gasteiger partial charge on any atom is 0.747 e. The van der Waals surface area contributed by atoms with Crippen molar-refractivity contribution >= 4 is 8.25 Å². The third-order valence-corrected chi connectivity index (χ3v) is 1.73. The highest BCUT2D eigenvalue weighted by molar-refractivity contribution is 7.32. The molecule has 0 aliphatic carbocycles. The Kier molecular flexibility index (Phi) is 7.16. The summed E-state index contributed by atoms with van der Waals surface area (Å²) in [6.45, 7) is 4.14. The second-order valence-corrected chi connectivity index (χ2v) is 3.09. The maximum absolute atomic E-state index is 10.5. The Morgan fingerprint density at radius 2 is 2.07 bits per heavy atom. The Bertz CT molecular complexity index is 214. The zero-order valence-electron chi connectivity index (χ0n) is 8.65. The summed E-state index contributed by atoms with van der Waals surface area (Å²) in [5.41, 5.74) is 0. The van der Waals surface area contributed by atoms with E-state index in [2.05, 4.69) is 0 Å². The summed E-state index contributed by atoms with van der Waals surface area (Å²) in [5.74, 6) is 0.451. The molecule has 1 unspecified atom stereocenters. The van der Waals surface area contributed by atoms with Crippen LogP contribution in [0.5, 0.6) is 0 Å². The summed E-state index contributed by atoms with van der Waals surface area (Å²) in [4.78, 5) is 8.60. The van der Waals surface area contributed by atoms with Crippen LogP contribution in [-0.2, 0) is 18.6 Å². The zero-order chi connectivity index (χ0) is 11.0. The van der Waals surface area contributed by atoms with Crippen LogP contribution in [0.1, 0.15) is 26.7 Å². The molecule has 0 saturated carbocycles. The minimum atomic E-state index is -2.67. The van der Waals surface area contributed by atoms with Crippen LogP contribution in [-0.4, -0.2) is 18.6 Å². The van der Waals surface area contributed by atoms with E-state index in [-0.39, 0.29) is 11.7 Å². The Hall–Kier alpha value is -0.800. The predicted molar refractivity (Wildman–Crippen MR) is 51.5 cm³/mol. The van der Waals surface area contributed by atoms with E-state index in [4.69, 9.17) is 18.9 Å². The van der Waals surface area contributed by atoms with Crippen molar-refractivity contribution in [3.8, 4) is 0 Å². The second-order valence-electron chi connectivity index (χ2n) is 2.43. The smallest absolute Gasteiger partial charge is 0.466 e. The van der Waals surface area contributed by atoms with E-state index in [1.54, 1.807) is 6.92 Å². The highest BCUT2D eigenvalue weighted by atomic mass is 31.1. The molecule has 6 heteroatoms. The topological polar surface area (TPSA) is 65.0 Å². The van der Waals surface area contributed by atoms with Gasteiger partial charge in [0, 0.05) is 11.0 Å². The van der Waals surface area contributed by atoms with Crippen molar-refractivity contribution in [2.75, 3.05) is 13.7 Å². The van der Waals surface area contributed by atoms with Crippen LogP contribution in [0.2, 0.25) is 0 Å². The highest BCUT2D eigenvalue weighted by Gasteiger charge is 2.22. The summed E-state index contributed by atoms with van der Waals surface area (Å²) < 4.78 is 25.2. The van der Waals surface area contributed by atoms with Gasteiger partial charge in [-0.3, -0.25) is 0 Å². The SMILES string of the molecule is CCCC(O[P+](=O)O)=C(OC)OCC. The van der Waals surface area contributed by atoms with E-state index >= 15 is 0 Å². The second kappa shape index (κ2) is 7.59. The minimum absolute atomic E-state index is 0.173. The minimum Gasteiger partial charge on any atom is -0.466 e. The molecule has 1 N–H and O–H groups in total. The third-order valence-electron chi connectivity index (χ3n) is 1.35. The van der Waals surface area contributed by atoms with Gasteiger partial charge in [0.15, 0.2) is 0 Å². The molecule has 14 heavy (non-hydrogen) atoms. The Morgan fingerprint density at radius 1 is 1.43 bits per heavy atom. The van der Waals surface area contributed by atoms with Gasteiger partial charge < -0.3 is 9.47 Å². The van der Waals surface area contributed by atoms with Crippen molar-refractivity contribution in [3.63, 3.8) is 0 Å². The van der Waals surface area contributed by atoms with Crippen molar-refractivity contribution in [2.24, 2.45) is 0 Å². The van der Waals surface area contributed by atoms with Gasteiger partial charge in [-0.2, -0.15) is 0 Å². The summed E-state index contributed by atoms with van der Waals surface area (Å²) in [6, 6.07) is 0. The lowest BCUT2D eigenvalue weighted by molar-refractivity contribution is 0.0513. The summed E-state index contributed by atoms with van der Waals surface area (Å²) >= 11 is 0. The summed E-state index contributed by atoms with van der Waals surface area (Å²) in [6.07, 6.45) is 1.28. The lowest BCUT2D eigenvalue weighted by Crippen LogP contribution is -2.01. The van der Waals surface area contributed by atoms with E-state index in [1.165, 1.54) is 7.11 Å². The van der Waals surface area contributed by atoms with Crippen LogP contribution < -0.4 is 0 Å². The van der Waals surface area contributed by atoms with Gasteiger partial charge in [0.2, 0.25) is 5.76 Å². The van der Waals surface area contributed by atoms with Crippen LogP contribution in [0.3, 0.4) is 0 Å². The van der Waals surface area contributed by atoms with Gasteiger partial charge in [0.25, 0.3) is 0 Å². The van der Waals surface area contributed by atoms with Gasteiger partial charge in [-0.1, -0.05) is 6.92 Å². The highest BCUT2D eigenvalue weighted by Crippen LogP contribution is 2.26. The molecule has 0 aliphatic rings. The van der Waals surface area contributed by atoms with Crippen molar-refractivity contribution in [1.29, 1.82) is 0 Å². The summed E-state index contributed by atoms with van der Waals surface area (Å²) in [7, 11) is -1.24. The quantitative estimate of drug-likeness (QED) is 0.530. The van der Waals surface area contributed by atoms with Gasteiger partial charge in [-0.05, 0) is 13.3 Å². The van der Waals surface area contributed by atoms with Crippen LogP contribution in [0.4, 0.5) is 0 Å². The van der Waals surface area contributed by atoms with Gasteiger partial charge in [-0.25, -0.2) is 4.52 Å². The van der Waals surface area contributed by atoms with Crippen molar-refractivity contribution in [1.82, 2.24) is 0 Å². The van der Waals surface area contributed by atoms with E-state index < -0.39 is 8.25 Å². The molecule has 0 spiro atoms. The standard InChI is InChI=1S/C8H15O5P/c1-4-6-7(13-14(9)10)8(11-3)12-5-2/h4-6H2,1-3H3/p+1. The molecule has 5 nitrogen and oxygen atoms in total. The van der Waals surface area contributed by atoms with Crippen LogP contribution in [0.25, 0.3) is 0 Å². The van der Waals surface area contributed by atoms with Crippen LogP contribution in [0, 0.1) is 0 Å². The zero-order valence-corrected chi connectivity index (χ0v) is 9.54. The molecule has 0 bridgehead atoms. The van der Waals surface area contributed by atoms with Gasteiger partial charge in [-0.15, -0.1) is 4.89 Å². The lowest BCUT2D eigenvalue weighted by atomic mass is 10.3. The molecule has 0 aliphatic heterocycles. The molecule has 0 fully saturated rings. The largest absolute Gasteiger partial charge is 0.747 e. The average molecular weight is 223 g/mol. The molecule has 1 atom stereocenters. The molecule has 0 saturated heterocycles. The first-order valence-electron chi connectivity index (χ1n) is 4.39. The molecule has 0 rings (SSSR count). The maximum atomic E-state index is 10.5. The van der Waals surface area contributed by atoms with Crippen LogP contribution in [0.15, 0.2) is 11.7 Å². The van der Waals surface area contributed by atoms with Crippen molar-refractivity contribution in [2.45, 2.75) is 26.7 Å². The molecular weight excluding hydrogens is 207 g/mol. The Morgan fingerprint density at radius 3 is 2.43 bits per heavy atom. The number of rotatable bonds is 7. The molecule has 0 amide bonds. The first kappa shape index (κ1) is 13.2. The van der Waals surface area contributed by atoms with Crippen molar-refractivity contribution in [3.05, 3.63) is 11.7 Å². The van der Waals surface area contributed by atoms with Crippen LogP contribution >= 0.6 is 8.25 Å².